The first kappa shape index (κ1) is 19.3. The lowest BCUT2D eigenvalue weighted by molar-refractivity contribution is 0.408. The molecular formula is C25H21F3O. The van der Waals surface area contributed by atoms with Crippen LogP contribution in [0.1, 0.15) is 31.7 Å². The van der Waals surface area contributed by atoms with E-state index in [4.69, 9.17) is 0 Å². The van der Waals surface area contributed by atoms with Gasteiger partial charge in [-0.2, -0.15) is 4.39 Å². The van der Waals surface area contributed by atoms with Crippen LogP contribution in [0.15, 0.2) is 60.7 Å². The molecule has 3 aromatic rings. The number of phenolic OH excluding ortho intramolecular Hbond substituents is 1. The van der Waals surface area contributed by atoms with E-state index >= 15 is 0 Å². The summed E-state index contributed by atoms with van der Waals surface area (Å²) in [6, 6.07) is 14.5. The Labute approximate surface area is 168 Å². The summed E-state index contributed by atoms with van der Waals surface area (Å²) in [5.74, 6) is -2.69. The first-order valence-corrected chi connectivity index (χ1v) is 9.70. The molecule has 0 saturated carbocycles. The molecule has 0 saturated heterocycles. The molecule has 0 fully saturated rings. The Morgan fingerprint density at radius 2 is 1.45 bits per heavy atom. The van der Waals surface area contributed by atoms with Gasteiger partial charge in [-0.1, -0.05) is 49.4 Å². The normalized spacial score (nSPS) is 16.6. The van der Waals surface area contributed by atoms with Crippen LogP contribution < -0.4 is 0 Å². The molecule has 1 atom stereocenters. The maximum atomic E-state index is 14.7. The average Bonchev–Trinajstić information content (AvgIpc) is 2.73. The van der Waals surface area contributed by atoms with Gasteiger partial charge in [0.25, 0.3) is 0 Å². The van der Waals surface area contributed by atoms with E-state index in [1.54, 1.807) is 24.3 Å². The van der Waals surface area contributed by atoms with Gasteiger partial charge < -0.3 is 5.11 Å². The third-order valence-electron chi connectivity index (χ3n) is 5.58. The van der Waals surface area contributed by atoms with Crippen molar-refractivity contribution in [1.29, 1.82) is 0 Å². The quantitative estimate of drug-likeness (QED) is 0.492. The molecule has 1 unspecified atom stereocenters. The Balaban J connectivity index is 1.61. The van der Waals surface area contributed by atoms with E-state index in [0.29, 0.717) is 17.0 Å². The summed E-state index contributed by atoms with van der Waals surface area (Å²) in [6.45, 7) is 2.20. The van der Waals surface area contributed by atoms with Gasteiger partial charge in [-0.3, -0.25) is 0 Å². The SMILES string of the molecule is CC1CC=C(c2ccc(-c3ccc(-c4ccc(O)c(F)c4F)cc3)cc2F)CC1. The van der Waals surface area contributed by atoms with Crippen molar-refractivity contribution in [3.63, 3.8) is 0 Å². The lowest BCUT2D eigenvalue weighted by Gasteiger charge is -2.19. The number of halogens is 3. The Bertz CT molecular complexity index is 1080. The van der Waals surface area contributed by atoms with Gasteiger partial charge in [-0.15, -0.1) is 0 Å². The van der Waals surface area contributed by atoms with Crippen LogP contribution in [0.5, 0.6) is 5.75 Å². The van der Waals surface area contributed by atoms with E-state index < -0.39 is 17.4 Å². The van der Waals surface area contributed by atoms with Crippen molar-refractivity contribution in [3.8, 4) is 28.0 Å². The Kier molecular flexibility index (Phi) is 5.18. The minimum atomic E-state index is -1.27. The highest BCUT2D eigenvalue weighted by molar-refractivity contribution is 5.74. The van der Waals surface area contributed by atoms with E-state index in [9.17, 15) is 18.3 Å². The second kappa shape index (κ2) is 7.78. The number of phenols is 1. The molecule has 0 amide bonds. The zero-order chi connectivity index (χ0) is 20.5. The van der Waals surface area contributed by atoms with Crippen LogP contribution in [0.2, 0.25) is 0 Å². The molecular weight excluding hydrogens is 373 g/mol. The van der Waals surface area contributed by atoms with Crippen molar-refractivity contribution in [1.82, 2.24) is 0 Å². The monoisotopic (exact) mass is 394 g/mol. The number of hydrogen-bond acceptors (Lipinski definition) is 1. The van der Waals surface area contributed by atoms with Crippen LogP contribution in [0, 0.1) is 23.4 Å². The molecule has 1 nitrogen and oxygen atoms in total. The van der Waals surface area contributed by atoms with Crippen LogP contribution in [0.4, 0.5) is 13.2 Å². The summed E-state index contributed by atoms with van der Waals surface area (Å²) in [6.07, 6.45) is 5.07. The second-order valence-electron chi connectivity index (χ2n) is 7.64. The molecule has 4 rings (SSSR count). The fourth-order valence-electron chi connectivity index (χ4n) is 3.77. The zero-order valence-corrected chi connectivity index (χ0v) is 16.1. The van der Waals surface area contributed by atoms with Crippen molar-refractivity contribution in [3.05, 3.63) is 83.7 Å². The third kappa shape index (κ3) is 3.80. The first-order chi connectivity index (χ1) is 13.9. The molecule has 148 valence electrons. The highest BCUT2D eigenvalue weighted by atomic mass is 19.2. The summed E-state index contributed by atoms with van der Waals surface area (Å²) in [5, 5.41) is 9.27. The topological polar surface area (TPSA) is 20.2 Å². The molecule has 0 spiro atoms. The third-order valence-corrected chi connectivity index (χ3v) is 5.58. The average molecular weight is 394 g/mol. The van der Waals surface area contributed by atoms with Gasteiger partial charge in [0.15, 0.2) is 11.6 Å². The predicted octanol–water partition coefficient (Wildman–Crippen LogP) is 7.35. The Hall–Kier alpha value is -3.01. The number of aromatic hydroxyl groups is 1. The van der Waals surface area contributed by atoms with Crippen molar-refractivity contribution in [2.75, 3.05) is 0 Å². The first-order valence-electron chi connectivity index (χ1n) is 9.70. The van der Waals surface area contributed by atoms with Crippen LogP contribution >= 0.6 is 0 Å². The highest BCUT2D eigenvalue weighted by Crippen LogP contribution is 2.34. The second-order valence-corrected chi connectivity index (χ2v) is 7.64. The number of allylic oxidation sites excluding steroid dienone is 2. The predicted molar refractivity (Wildman–Crippen MR) is 110 cm³/mol. The van der Waals surface area contributed by atoms with Gasteiger partial charge in [0, 0.05) is 11.1 Å². The molecule has 0 aliphatic heterocycles. The largest absolute Gasteiger partial charge is 0.505 e. The number of benzene rings is 3. The minimum Gasteiger partial charge on any atom is -0.505 e. The molecule has 0 bridgehead atoms. The maximum Gasteiger partial charge on any atom is 0.200 e. The fourth-order valence-corrected chi connectivity index (χ4v) is 3.77. The van der Waals surface area contributed by atoms with Crippen molar-refractivity contribution < 1.29 is 18.3 Å². The van der Waals surface area contributed by atoms with Crippen LogP contribution in [0.3, 0.4) is 0 Å². The van der Waals surface area contributed by atoms with Gasteiger partial charge in [0.2, 0.25) is 5.82 Å². The summed E-state index contributed by atoms with van der Waals surface area (Å²) in [4.78, 5) is 0. The van der Waals surface area contributed by atoms with Gasteiger partial charge in [0.1, 0.15) is 5.82 Å². The number of rotatable bonds is 3. The summed E-state index contributed by atoms with van der Waals surface area (Å²) < 4.78 is 42.4. The maximum absolute atomic E-state index is 14.7. The minimum absolute atomic E-state index is 0.0619. The molecule has 3 aromatic carbocycles. The summed E-state index contributed by atoms with van der Waals surface area (Å²) in [5.41, 5.74) is 3.76. The molecule has 1 aliphatic rings. The van der Waals surface area contributed by atoms with Crippen molar-refractivity contribution >= 4 is 5.57 Å². The van der Waals surface area contributed by atoms with Crippen molar-refractivity contribution in [2.24, 2.45) is 5.92 Å². The fraction of sp³-hybridized carbons (Fsp3) is 0.200. The van der Waals surface area contributed by atoms with E-state index in [0.717, 1.165) is 42.0 Å². The summed E-state index contributed by atoms with van der Waals surface area (Å²) >= 11 is 0. The van der Waals surface area contributed by atoms with E-state index in [-0.39, 0.29) is 11.4 Å². The molecule has 1 aliphatic carbocycles. The Morgan fingerprint density at radius 3 is 2.10 bits per heavy atom. The van der Waals surface area contributed by atoms with E-state index in [1.807, 2.05) is 12.1 Å². The van der Waals surface area contributed by atoms with Crippen LogP contribution in [0.25, 0.3) is 27.8 Å². The Morgan fingerprint density at radius 1 is 0.793 bits per heavy atom. The van der Waals surface area contributed by atoms with Gasteiger partial charge >= 0.3 is 0 Å². The molecule has 4 heteroatoms. The lowest BCUT2D eigenvalue weighted by atomic mass is 9.87. The van der Waals surface area contributed by atoms with Gasteiger partial charge in [-0.05, 0) is 65.6 Å². The van der Waals surface area contributed by atoms with Crippen LogP contribution in [-0.2, 0) is 0 Å². The van der Waals surface area contributed by atoms with E-state index in [2.05, 4.69) is 13.0 Å². The standard InChI is InChI=1S/C25H21F3O/c1-15-2-4-17(5-3-15)20-11-10-19(14-22(20)26)16-6-8-18(9-7-16)21-12-13-23(29)25(28)24(21)27/h4,6-15,29H,2-3,5H2,1H3. The number of hydrogen-bond donors (Lipinski definition) is 1. The smallest absolute Gasteiger partial charge is 0.200 e. The zero-order valence-electron chi connectivity index (χ0n) is 16.1. The lowest BCUT2D eigenvalue weighted by Crippen LogP contribution is -2.02. The molecule has 0 aromatic heterocycles. The highest BCUT2D eigenvalue weighted by Gasteiger charge is 2.16. The van der Waals surface area contributed by atoms with Gasteiger partial charge in [-0.25, -0.2) is 8.78 Å². The molecule has 0 radical (unpaired) electrons. The summed E-state index contributed by atoms with van der Waals surface area (Å²) in [7, 11) is 0. The van der Waals surface area contributed by atoms with Crippen molar-refractivity contribution in [2.45, 2.75) is 26.2 Å². The van der Waals surface area contributed by atoms with Crippen LogP contribution in [-0.4, -0.2) is 5.11 Å². The van der Waals surface area contributed by atoms with Gasteiger partial charge in [0.05, 0.1) is 0 Å². The van der Waals surface area contributed by atoms with E-state index in [1.165, 1.54) is 12.1 Å². The molecule has 1 N–H and O–H groups in total. The molecule has 29 heavy (non-hydrogen) atoms. The molecule has 0 heterocycles.